The van der Waals surface area contributed by atoms with Gasteiger partial charge in [-0.3, -0.25) is 9.59 Å². The molecule has 4 heteroatoms. The molecule has 9 aromatic rings. The normalized spacial score (nSPS) is 12.5. The Hall–Kier alpha value is -7.30. The number of aryl methyl sites for hydroxylation is 2. The number of anilines is 1. The minimum Gasteiger partial charge on any atom is -0.307 e. The lowest BCUT2D eigenvalue weighted by atomic mass is 9.92. The molecule has 8 aromatic carbocycles. The smallest absolute Gasteiger partial charge is 0.268 e. The molecule has 10 rings (SSSR count). The summed E-state index contributed by atoms with van der Waals surface area (Å²) in [7, 11) is 0. The van der Waals surface area contributed by atoms with Gasteiger partial charge in [0, 0.05) is 27.5 Å². The quantitative estimate of drug-likeness (QED) is 0.161. The van der Waals surface area contributed by atoms with Crippen molar-refractivity contribution >= 4 is 39.3 Å². The number of aromatic nitrogens is 1. The van der Waals surface area contributed by atoms with Gasteiger partial charge >= 0.3 is 0 Å². The summed E-state index contributed by atoms with van der Waals surface area (Å²) in [5.74, 6) is -0.689. The van der Waals surface area contributed by atoms with Crippen molar-refractivity contribution in [2.75, 3.05) is 4.90 Å². The van der Waals surface area contributed by atoms with E-state index in [0.29, 0.717) is 22.5 Å². The number of carbonyl (C=O) groups excluding carboxylic acids is 2. The van der Waals surface area contributed by atoms with Gasteiger partial charge in [0.2, 0.25) is 0 Å². The third-order valence-electron chi connectivity index (χ3n) is 11.1. The molecule has 0 spiro atoms. The van der Waals surface area contributed by atoms with Crippen LogP contribution in [0.2, 0.25) is 0 Å². The van der Waals surface area contributed by atoms with Crippen LogP contribution in [0.5, 0.6) is 0 Å². The molecule has 266 valence electrons. The van der Waals surface area contributed by atoms with Gasteiger partial charge in [0.05, 0.1) is 33.5 Å². The van der Waals surface area contributed by atoms with Gasteiger partial charge in [-0.1, -0.05) is 175 Å². The molecule has 0 aliphatic carbocycles. The summed E-state index contributed by atoms with van der Waals surface area (Å²) in [4.78, 5) is 31.5. The average Bonchev–Trinajstić information content (AvgIpc) is 3.72. The van der Waals surface area contributed by atoms with Gasteiger partial charge in [0.25, 0.3) is 11.8 Å². The van der Waals surface area contributed by atoms with Gasteiger partial charge in [0.15, 0.2) is 0 Å². The minimum absolute atomic E-state index is 0.340. The van der Waals surface area contributed by atoms with Crippen molar-refractivity contribution in [3.05, 3.63) is 204 Å². The van der Waals surface area contributed by atoms with Gasteiger partial charge in [-0.15, -0.1) is 0 Å². The van der Waals surface area contributed by atoms with Crippen LogP contribution < -0.4 is 4.90 Å². The topological polar surface area (TPSA) is 42.3 Å². The second-order valence-corrected chi connectivity index (χ2v) is 14.5. The van der Waals surface area contributed by atoms with Crippen molar-refractivity contribution in [3.63, 3.8) is 0 Å². The van der Waals surface area contributed by atoms with Crippen molar-refractivity contribution in [2.24, 2.45) is 0 Å². The van der Waals surface area contributed by atoms with Crippen LogP contribution in [0.15, 0.2) is 182 Å². The summed E-state index contributed by atoms with van der Waals surface area (Å²) < 4.78 is 2.24. The fraction of sp³-hybridized carbons (Fsp3) is 0.0385. The lowest BCUT2D eigenvalue weighted by Gasteiger charge is -2.22. The highest BCUT2D eigenvalue weighted by Gasteiger charge is 2.41. The van der Waals surface area contributed by atoms with Crippen molar-refractivity contribution < 1.29 is 9.59 Å². The number of imide groups is 1. The fourth-order valence-electron chi connectivity index (χ4n) is 8.45. The van der Waals surface area contributed by atoms with Gasteiger partial charge in [-0.05, 0) is 59.9 Å². The zero-order valence-corrected chi connectivity index (χ0v) is 31.0. The van der Waals surface area contributed by atoms with E-state index in [-0.39, 0.29) is 11.8 Å². The van der Waals surface area contributed by atoms with Crippen LogP contribution in [0.3, 0.4) is 0 Å². The summed E-state index contributed by atoms with van der Waals surface area (Å²) in [6.07, 6.45) is 0. The summed E-state index contributed by atoms with van der Waals surface area (Å²) in [5.41, 5.74) is 14.2. The molecule has 56 heavy (non-hydrogen) atoms. The molecular formula is C52H36N2O2. The molecule has 4 nitrogen and oxygen atoms in total. The van der Waals surface area contributed by atoms with Crippen LogP contribution in [0.4, 0.5) is 5.69 Å². The molecule has 2 heterocycles. The maximum atomic E-state index is 15.3. The molecule has 0 unspecified atom stereocenters. The maximum Gasteiger partial charge on any atom is 0.268 e. The van der Waals surface area contributed by atoms with Crippen LogP contribution in [-0.2, 0) is 0 Å². The summed E-state index contributed by atoms with van der Waals surface area (Å²) >= 11 is 0. The van der Waals surface area contributed by atoms with Crippen molar-refractivity contribution in [3.8, 4) is 50.2 Å². The largest absolute Gasteiger partial charge is 0.307 e. The monoisotopic (exact) mass is 720 g/mol. The van der Waals surface area contributed by atoms with Crippen molar-refractivity contribution in [1.29, 1.82) is 0 Å². The number of rotatable bonds is 6. The molecule has 1 aromatic heterocycles. The lowest BCUT2D eigenvalue weighted by molar-refractivity contribution is 0.0926. The first-order valence-electron chi connectivity index (χ1n) is 18.9. The Morgan fingerprint density at radius 2 is 0.786 bits per heavy atom. The molecule has 0 N–H and O–H groups in total. The van der Waals surface area contributed by atoms with Crippen LogP contribution >= 0.6 is 0 Å². The Morgan fingerprint density at radius 1 is 0.339 bits per heavy atom. The Labute approximate surface area is 325 Å². The number of nitrogens with zero attached hydrogens (tertiary/aromatic N) is 2. The maximum absolute atomic E-state index is 15.3. The highest BCUT2D eigenvalue weighted by molar-refractivity contribution is 6.37. The third-order valence-corrected chi connectivity index (χ3v) is 11.1. The molecule has 1 aliphatic rings. The average molecular weight is 721 g/mol. The Balaban J connectivity index is 1.26. The summed E-state index contributed by atoms with van der Waals surface area (Å²) in [6.45, 7) is 4.19. The van der Waals surface area contributed by atoms with E-state index >= 15 is 4.79 Å². The zero-order chi connectivity index (χ0) is 37.9. The van der Waals surface area contributed by atoms with Crippen molar-refractivity contribution in [2.45, 2.75) is 13.8 Å². The molecule has 0 radical (unpaired) electrons. The second kappa shape index (κ2) is 13.2. The number of benzene rings is 8. The Kier molecular flexibility index (Phi) is 7.86. The molecule has 2 amide bonds. The SMILES string of the molecule is Cc1ccc(-c2cccc3c4cccc(-c5ccc(C)cc5)c4n(-c4cccc5c4C(=O)N(c4cccc(-c6ccccc6)c4-c4ccccc4)C5=O)c23)cc1. The van der Waals surface area contributed by atoms with Crippen molar-refractivity contribution in [1.82, 2.24) is 4.57 Å². The van der Waals surface area contributed by atoms with E-state index < -0.39 is 0 Å². The lowest BCUT2D eigenvalue weighted by Crippen LogP contribution is -2.30. The number of amides is 2. The number of carbonyl (C=O) groups is 2. The van der Waals surface area contributed by atoms with E-state index in [0.717, 1.165) is 66.3 Å². The van der Waals surface area contributed by atoms with E-state index in [1.807, 2.05) is 72.8 Å². The molecule has 0 atom stereocenters. The highest BCUT2D eigenvalue weighted by atomic mass is 16.2. The standard InChI is InChI=1S/C52H36N2O2/c1-33-25-29-36(30-26-33)40-18-9-20-42-43-21-10-19-41(37-31-27-34(2)28-32-37)50(43)53(49(40)42)46-24-12-22-44-48(46)52(56)54(51(44)55)45-23-11-17-39(35-13-5-3-6-14-35)47(45)38-15-7-4-8-16-38/h3-32H,1-2H3. The number of hydrogen-bond donors (Lipinski definition) is 0. The molecule has 0 saturated heterocycles. The first-order valence-corrected chi connectivity index (χ1v) is 18.9. The first-order chi connectivity index (χ1) is 27.5. The van der Waals surface area contributed by atoms with Crippen LogP contribution in [0, 0.1) is 13.8 Å². The molecule has 0 bridgehead atoms. The van der Waals surface area contributed by atoms with E-state index in [2.05, 4.69) is 122 Å². The zero-order valence-electron chi connectivity index (χ0n) is 31.0. The van der Waals surface area contributed by atoms with Gasteiger partial charge < -0.3 is 4.57 Å². The predicted molar refractivity (Wildman–Crippen MR) is 230 cm³/mol. The van der Waals surface area contributed by atoms with Crippen LogP contribution in [0.25, 0.3) is 72.0 Å². The van der Waals surface area contributed by atoms with E-state index in [1.54, 1.807) is 6.07 Å². The van der Waals surface area contributed by atoms with E-state index in [1.165, 1.54) is 16.0 Å². The summed E-state index contributed by atoms with van der Waals surface area (Å²) in [5, 5.41) is 2.14. The van der Waals surface area contributed by atoms with Gasteiger partial charge in [-0.25, -0.2) is 4.90 Å². The predicted octanol–water partition coefficient (Wildman–Crippen LogP) is 12.9. The second-order valence-electron chi connectivity index (χ2n) is 14.5. The highest BCUT2D eigenvalue weighted by Crippen LogP contribution is 2.46. The van der Waals surface area contributed by atoms with E-state index in [9.17, 15) is 4.79 Å². The first kappa shape index (κ1) is 33.3. The molecular weight excluding hydrogens is 685 g/mol. The Bertz CT molecular complexity index is 2890. The fourth-order valence-corrected chi connectivity index (χ4v) is 8.45. The Morgan fingerprint density at radius 3 is 1.34 bits per heavy atom. The van der Waals surface area contributed by atoms with Gasteiger partial charge in [0.1, 0.15) is 0 Å². The minimum atomic E-state index is -0.348. The number of fused-ring (bicyclic) bond motifs is 4. The van der Waals surface area contributed by atoms with Gasteiger partial charge in [-0.2, -0.15) is 0 Å². The van der Waals surface area contributed by atoms with Crippen LogP contribution in [-0.4, -0.2) is 16.4 Å². The third kappa shape index (κ3) is 5.22. The van der Waals surface area contributed by atoms with E-state index in [4.69, 9.17) is 0 Å². The summed E-state index contributed by atoms with van der Waals surface area (Å²) in [6, 6.07) is 61.7. The van der Waals surface area contributed by atoms with Crippen LogP contribution in [0.1, 0.15) is 31.8 Å². The molecule has 0 saturated carbocycles. The molecule has 1 aliphatic heterocycles. The number of para-hydroxylation sites is 2. The molecule has 0 fully saturated rings. The number of hydrogen-bond acceptors (Lipinski definition) is 2.